The maximum Gasteiger partial charge on any atom is 0.230 e. The second kappa shape index (κ2) is 12.1. The number of benzene rings is 3. The van der Waals surface area contributed by atoms with E-state index in [1.54, 1.807) is 29.2 Å². The van der Waals surface area contributed by atoms with Crippen molar-refractivity contribution in [2.75, 3.05) is 31.1 Å². The molecule has 7 heteroatoms. The minimum absolute atomic E-state index is 0.0149. The fraction of sp³-hybridized carbons (Fsp3) is 0.355. The molecule has 0 saturated heterocycles. The standard InChI is InChI=1S/C31H33ClFN3O2/c32-27-14-13-26-22-35(30(37)19-25-9-4-5-10-28(25)33)18-17-34(21-23-7-2-1-3-8-23)15-6-16-36(29(26)20-27)31(38)24-11-12-24/h1-5,7-10,13-14,20,24H,6,11-12,15-19,21-22H2. The number of rotatable bonds is 5. The van der Waals surface area contributed by atoms with Crippen LogP contribution in [0.2, 0.25) is 5.02 Å². The molecule has 198 valence electrons. The Morgan fingerprint density at radius 3 is 2.42 bits per heavy atom. The Bertz CT molecular complexity index is 1280. The van der Waals surface area contributed by atoms with E-state index in [0.717, 1.165) is 43.6 Å². The van der Waals surface area contributed by atoms with E-state index in [9.17, 15) is 14.0 Å². The third-order valence-corrected chi connectivity index (χ3v) is 7.57. The largest absolute Gasteiger partial charge is 0.337 e. The summed E-state index contributed by atoms with van der Waals surface area (Å²) in [6.07, 6.45) is 2.62. The summed E-state index contributed by atoms with van der Waals surface area (Å²) < 4.78 is 14.4. The van der Waals surface area contributed by atoms with Gasteiger partial charge in [0.15, 0.2) is 0 Å². The van der Waals surface area contributed by atoms with Crippen LogP contribution < -0.4 is 4.90 Å². The Labute approximate surface area is 228 Å². The number of hydrogen-bond acceptors (Lipinski definition) is 3. The number of amides is 2. The summed E-state index contributed by atoms with van der Waals surface area (Å²) in [7, 11) is 0. The first-order valence-electron chi connectivity index (χ1n) is 13.3. The predicted molar refractivity (Wildman–Crippen MR) is 148 cm³/mol. The molecule has 1 aliphatic heterocycles. The molecule has 3 aromatic rings. The van der Waals surface area contributed by atoms with Gasteiger partial charge in [-0.25, -0.2) is 4.39 Å². The van der Waals surface area contributed by atoms with Crippen molar-refractivity contribution in [1.82, 2.24) is 9.80 Å². The van der Waals surface area contributed by atoms with Crippen LogP contribution in [0.15, 0.2) is 72.8 Å². The minimum atomic E-state index is -0.377. The fourth-order valence-electron chi connectivity index (χ4n) is 5.06. The lowest BCUT2D eigenvalue weighted by Crippen LogP contribution is -2.39. The molecule has 5 rings (SSSR count). The van der Waals surface area contributed by atoms with E-state index < -0.39 is 0 Å². The lowest BCUT2D eigenvalue weighted by molar-refractivity contribution is -0.131. The summed E-state index contributed by atoms with van der Waals surface area (Å²) in [5.74, 6) is -0.328. The second-order valence-corrected chi connectivity index (χ2v) is 10.7. The Morgan fingerprint density at radius 1 is 0.895 bits per heavy atom. The lowest BCUT2D eigenvalue weighted by atomic mass is 10.1. The van der Waals surface area contributed by atoms with E-state index in [2.05, 4.69) is 17.0 Å². The maximum absolute atomic E-state index is 14.4. The third-order valence-electron chi connectivity index (χ3n) is 7.34. The monoisotopic (exact) mass is 533 g/mol. The van der Waals surface area contributed by atoms with Crippen molar-refractivity contribution in [3.05, 3.63) is 100 Å². The fourth-order valence-corrected chi connectivity index (χ4v) is 5.23. The summed E-state index contributed by atoms with van der Waals surface area (Å²) >= 11 is 6.41. The summed E-state index contributed by atoms with van der Waals surface area (Å²) in [5, 5.41) is 0.558. The van der Waals surface area contributed by atoms with E-state index in [4.69, 9.17) is 11.6 Å². The number of anilines is 1. The van der Waals surface area contributed by atoms with Gasteiger partial charge in [0.1, 0.15) is 5.82 Å². The van der Waals surface area contributed by atoms with E-state index in [-0.39, 0.29) is 30.0 Å². The lowest BCUT2D eigenvalue weighted by Gasteiger charge is -2.28. The number of halogens is 2. The quantitative estimate of drug-likeness (QED) is 0.422. The van der Waals surface area contributed by atoms with Crippen LogP contribution in [-0.4, -0.2) is 47.8 Å². The second-order valence-electron chi connectivity index (χ2n) is 10.2. The van der Waals surface area contributed by atoms with E-state index >= 15 is 0 Å². The van der Waals surface area contributed by atoms with Crippen LogP contribution in [0.4, 0.5) is 10.1 Å². The third kappa shape index (κ3) is 6.61. The Hall–Kier alpha value is -3.22. The molecule has 3 aromatic carbocycles. The van der Waals surface area contributed by atoms with Crippen molar-refractivity contribution >= 4 is 29.1 Å². The molecule has 1 aliphatic carbocycles. The van der Waals surface area contributed by atoms with Crippen molar-refractivity contribution in [3.63, 3.8) is 0 Å². The topological polar surface area (TPSA) is 43.9 Å². The Kier molecular flexibility index (Phi) is 8.40. The van der Waals surface area contributed by atoms with E-state index in [1.807, 2.05) is 35.2 Å². The zero-order chi connectivity index (χ0) is 26.5. The molecular formula is C31H33ClFN3O2. The average Bonchev–Trinajstić information content (AvgIpc) is 3.76. The van der Waals surface area contributed by atoms with Gasteiger partial charge < -0.3 is 9.80 Å². The maximum atomic E-state index is 14.4. The van der Waals surface area contributed by atoms with Crippen LogP contribution >= 0.6 is 11.6 Å². The summed E-state index contributed by atoms with van der Waals surface area (Å²) in [6, 6.07) is 22.3. The van der Waals surface area contributed by atoms with Crippen molar-refractivity contribution in [3.8, 4) is 0 Å². The average molecular weight is 534 g/mol. The highest BCUT2D eigenvalue weighted by Gasteiger charge is 2.35. The van der Waals surface area contributed by atoms with Gasteiger partial charge in [0.2, 0.25) is 11.8 Å². The van der Waals surface area contributed by atoms with Crippen LogP contribution in [0.5, 0.6) is 0 Å². The Balaban J connectivity index is 1.46. The normalized spacial score (nSPS) is 17.0. The first-order chi connectivity index (χ1) is 18.5. The first kappa shape index (κ1) is 26.4. The molecule has 1 fully saturated rings. The van der Waals surface area contributed by atoms with Gasteiger partial charge in [-0.2, -0.15) is 0 Å². The zero-order valence-corrected chi connectivity index (χ0v) is 22.2. The first-order valence-corrected chi connectivity index (χ1v) is 13.7. The molecule has 0 radical (unpaired) electrons. The molecule has 1 heterocycles. The van der Waals surface area contributed by atoms with Gasteiger partial charge in [0.05, 0.1) is 12.1 Å². The van der Waals surface area contributed by atoms with Crippen LogP contribution in [0.25, 0.3) is 0 Å². The number of nitrogens with zero attached hydrogens (tertiary/aromatic N) is 3. The number of carbonyl (C=O) groups excluding carboxylic acids is 2. The highest BCUT2D eigenvalue weighted by atomic mass is 35.5. The van der Waals surface area contributed by atoms with Gasteiger partial charge in [-0.05, 0) is 54.2 Å². The molecule has 38 heavy (non-hydrogen) atoms. The highest BCUT2D eigenvalue weighted by Crippen LogP contribution is 2.35. The summed E-state index contributed by atoms with van der Waals surface area (Å²) in [6.45, 7) is 3.64. The smallest absolute Gasteiger partial charge is 0.230 e. The van der Waals surface area contributed by atoms with Gasteiger partial charge >= 0.3 is 0 Å². The van der Waals surface area contributed by atoms with Gasteiger partial charge in [-0.15, -0.1) is 0 Å². The predicted octanol–water partition coefficient (Wildman–Crippen LogP) is 5.70. The summed E-state index contributed by atoms with van der Waals surface area (Å²) in [5.41, 5.74) is 3.24. The molecule has 2 aliphatic rings. The molecule has 0 spiro atoms. The molecular weight excluding hydrogens is 501 g/mol. The molecule has 0 atom stereocenters. The SMILES string of the molecule is O=C(Cc1ccccc1F)N1CCN(Cc2ccccc2)CCCN(C(=O)C2CC2)c2cc(Cl)ccc2C1. The van der Waals surface area contributed by atoms with Crippen molar-refractivity contribution in [2.24, 2.45) is 5.92 Å². The van der Waals surface area contributed by atoms with Crippen molar-refractivity contribution < 1.29 is 14.0 Å². The van der Waals surface area contributed by atoms with E-state index in [0.29, 0.717) is 36.8 Å². The summed E-state index contributed by atoms with van der Waals surface area (Å²) in [4.78, 5) is 33.0. The molecule has 0 N–H and O–H groups in total. The van der Waals surface area contributed by atoms with Crippen LogP contribution in [0, 0.1) is 11.7 Å². The minimum Gasteiger partial charge on any atom is -0.337 e. The van der Waals surface area contributed by atoms with Crippen molar-refractivity contribution in [2.45, 2.75) is 38.8 Å². The number of carbonyl (C=O) groups is 2. The van der Waals surface area contributed by atoms with Crippen LogP contribution in [-0.2, 0) is 29.1 Å². The molecule has 0 bridgehead atoms. The van der Waals surface area contributed by atoms with Crippen molar-refractivity contribution in [1.29, 1.82) is 0 Å². The van der Waals surface area contributed by atoms with Gasteiger partial charge in [0.25, 0.3) is 0 Å². The molecule has 0 aromatic heterocycles. The molecule has 2 amide bonds. The number of fused-ring (bicyclic) bond motifs is 1. The van der Waals surface area contributed by atoms with Crippen LogP contribution in [0.3, 0.4) is 0 Å². The van der Waals surface area contributed by atoms with Crippen LogP contribution in [0.1, 0.15) is 36.0 Å². The Morgan fingerprint density at radius 2 is 1.66 bits per heavy atom. The van der Waals surface area contributed by atoms with Gasteiger partial charge in [-0.1, -0.05) is 66.2 Å². The number of hydrogen-bond donors (Lipinski definition) is 0. The highest BCUT2D eigenvalue weighted by molar-refractivity contribution is 6.31. The zero-order valence-electron chi connectivity index (χ0n) is 21.5. The molecule has 0 unspecified atom stereocenters. The van der Waals surface area contributed by atoms with Gasteiger partial charge in [-0.3, -0.25) is 14.5 Å². The van der Waals surface area contributed by atoms with Gasteiger partial charge in [0, 0.05) is 50.2 Å². The molecule has 1 saturated carbocycles. The molecule has 5 nitrogen and oxygen atoms in total. The van der Waals surface area contributed by atoms with E-state index in [1.165, 1.54) is 11.6 Å².